The summed E-state index contributed by atoms with van der Waals surface area (Å²) in [5.41, 5.74) is 3.07. The average Bonchev–Trinajstić information content (AvgIpc) is 2.54. The van der Waals surface area contributed by atoms with Crippen LogP contribution in [0.15, 0.2) is 42.5 Å². The molecule has 2 rings (SSSR count). The first-order valence-electron chi connectivity index (χ1n) is 7.74. The van der Waals surface area contributed by atoms with E-state index in [0.717, 1.165) is 27.3 Å². The third-order valence-corrected chi connectivity index (χ3v) is 5.46. The Morgan fingerprint density at radius 1 is 1.12 bits per heavy atom. The number of benzene rings is 2. The molecule has 0 saturated carbocycles. The number of nitrogens with zero attached hydrogens (tertiary/aromatic N) is 1. The van der Waals surface area contributed by atoms with Gasteiger partial charge < -0.3 is 5.32 Å². The number of sulfonamides is 1. The number of aryl methyl sites for hydroxylation is 1. The highest BCUT2D eigenvalue weighted by molar-refractivity contribution is 7.92. The molecule has 0 heterocycles. The van der Waals surface area contributed by atoms with Gasteiger partial charge in [0.1, 0.15) is 6.54 Å². The second-order valence-corrected chi connectivity index (χ2v) is 8.17. The molecule has 2 aromatic rings. The topological polar surface area (TPSA) is 66.5 Å². The van der Waals surface area contributed by atoms with Gasteiger partial charge in [0.2, 0.25) is 15.9 Å². The van der Waals surface area contributed by atoms with Crippen LogP contribution < -0.4 is 9.62 Å². The molecule has 0 bridgehead atoms. The highest BCUT2D eigenvalue weighted by Crippen LogP contribution is 2.24. The van der Waals surface area contributed by atoms with Crippen LogP contribution in [0.2, 0.25) is 5.02 Å². The Kier molecular flexibility index (Phi) is 6.08. The maximum absolute atomic E-state index is 12.3. The minimum Gasteiger partial charge on any atom is -0.350 e. The molecule has 0 saturated heterocycles. The van der Waals surface area contributed by atoms with Crippen molar-refractivity contribution >= 4 is 33.2 Å². The first kappa shape index (κ1) is 19.3. The van der Waals surface area contributed by atoms with Crippen molar-refractivity contribution in [1.82, 2.24) is 5.32 Å². The zero-order valence-electron chi connectivity index (χ0n) is 14.4. The van der Waals surface area contributed by atoms with Crippen molar-refractivity contribution in [3.8, 4) is 0 Å². The van der Waals surface area contributed by atoms with Crippen LogP contribution in [-0.4, -0.2) is 27.1 Å². The molecule has 5 nitrogen and oxygen atoms in total. The minimum absolute atomic E-state index is 0.239. The fourth-order valence-corrected chi connectivity index (χ4v) is 3.52. The fourth-order valence-electron chi connectivity index (χ4n) is 2.41. The molecule has 0 unspecified atom stereocenters. The Bertz CT molecular complexity index is 882. The number of carbonyl (C=O) groups is 1. The number of amides is 1. The van der Waals surface area contributed by atoms with Crippen molar-refractivity contribution in [2.75, 3.05) is 17.1 Å². The zero-order valence-corrected chi connectivity index (χ0v) is 16.0. The van der Waals surface area contributed by atoms with Crippen LogP contribution in [0.3, 0.4) is 0 Å². The Morgan fingerprint density at radius 3 is 2.44 bits per heavy atom. The number of hydrogen-bond donors (Lipinski definition) is 1. The van der Waals surface area contributed by atoms with Gasteiger partial charge >= 0.3 is 0 Å². The number of anilines is 1. The second kappa shape index (κ2) is 7.89. The fraction of sp³-hybridized carbons (Fsp3) is 0.278. The van der Waals surface area contributed by atoms with E-state index in [-0.39, 0.29) is 13.1 Å². The quantitative estimate of drug-likeness (QED) is 0.837. The van der Waals surface area contributed by atoms with E-state index in [9.17, 15) is 13.2 Å². The molecule has 7 heteroatoms. The van der Waals surface area contributed by atoms with Crippen LogP contribution in [0.25, 0.3) is 0 Å². The van der Waals surface area contributed by atoms with E-state index in [1.54, 1.807) is 24.3 Å². The van der Waals surface area contributed by atoms with Gasteiger partial charge in [0.05, 0.1) is 11.9 Å². The summed E-state index contributed by atoms with van der Waals surface area (Å²) in [5.74, 6) is -0.397. The molecule has 1 N–H and O–H groups in total. The second-order valence-electron chi connectivity index (χ2n) is 5.86. The Hall–Kier alpha value is -2.05. The normalized spacial score (nSPS) is 11.2. The van der Waals surface area contributed by atoms with Crippen molar-refractivity contribution < 1.29 is 13.2 Å². The van der Waals surface area contributed by atoms with E-state index in [4.69, 9.17) is 11.6 Å². The van der Waals surface area contributed by atoms with E-state index < -0.39 is 15.9 Å². The predicted octanol–water partition coefficient (Wildman–Crippen LogP) is 3.04. The summed E-state index contributed by atoms with van der Waals surface area (Å²) >= 11 is 6.06. The van der Waals surface area contributed by atoms with Gasteiger partial charge in [-0.25, -0.2) is 8.42 Å². The third kappa shape index (κ3) is 4.96. The van der Waals surface area contributed by atoms with E-state index in [2.05, 4.69) is 5.32 Å². The Labute approximate surface area is 153 Å². The molecule has 0 atom stereocenters. The largest absolute Gasteiger partial charge is 0.350 e. The van der Waals surface area contributed by atoms with E-state index in [1.165, 1.54) is 0 Å². The van der Waals surface area contributed by atoms with Crippen LogP contribution in [0.5, 0.6) is 0 Å². The highest BCUT2D eigenvalue weighted by atomic mass is 35.5. The first-order chi connectivity index (χ1) is 11.7. The molecule has 0 fully saturated rings. The maximum atomic E-state index is 12.3. The first-order valence-corrected chi connectivity index (χ1v) is 9.97. The average molecular weight is 381 g/mol. The van der Waals surface area contributed by atoms with Crippen LogP contribution in [0, 0.1) is 13.8 Å². The van der Waals surface area contributed by atoms with Gasteiger partial charge in [-0.15, -0.1) is 0 Å². The van der Waals surface area contributed by atoms with Crippen LogP contribution in [0.4, 0.5) is 5.69 Å². The van der Waals surface area contributed by atoms with Gasteiger partial charge in [0, 0.05) is 11.6 Å². The lowest BCUT2D eigenvalue weighted by atomic mass is 10.1. The molecule has 1 amide bonds. The molecule has 2 aromatic carbocycles. The van der Waals surface area contributed by atoms with Crippen LogP contribution in [-0.2, 0) is 21.4 Å². The summed E-state index contributed by atoms with van der Waals surface area (Å²) in [6, 6.07) is 12.6. The summed E-state index contributed by atoms with van der Waals surface area (Å²) < 4.78 is 25.5. The van der Waals surface area contributed by atoms with Gasteiger partial charge in [-0.3, -0.25) is 9.10 Å². The lowest BCUT2D eigenvalue weighted by Crippen LogP contribution is -2.40. The number of halogens is 1. The minimum atomic E-state index is -3.60. The summed E-state index contributed by atoms with van der Waals surface area (Å²) in [7, 11) is -3.60. The van der Waals surface area contributed by atoms with Gasteiger partial charge in [-0.2, -0.15) is 0 Å². The van der Waals surface area contributed by atoms with Crippen molar-refractivity contribution in [1.29, 1.82) is 0 Å². The van der Waals surface area contributed by atoms with E-state index in [0.29, 0.717) is 10.7 Å². The monoisotopic (exact) mass is 380 g/mol. The molecule has 134 valence electrons. The number of rotatable bonds is 6. The molecular weight excluding hydrogens is 360 g/mol. The van der Waals surface area contributed by atoms with Crippen molar-refractivity contribution in [3.63, 3.8) is 0 Å². The van der Waals surface area contributed by atoms with Crippen molar-refractivity contribution in [2.24, 2.45) is 0 Å². The number of nitrogens with one attached hydrogen (secondary N) is 1. The van der Waals surface area contributed by atoms with Crippen molar-refractivity contribution in [3.05, 3.63) is 64.2 Å². The highest BCUT2D eigenvalue weighted by Gasteiger charge is 2.22. The van der Waals surface area contributed by atoms with Gasteiger partial charge in [0.25, 0.3) is 0 Å². The predicted molar refractivity (Wildman–Crippen MR) is 101 cm³/mol. The Morgan fingerprint density at radius 2 is 1.80 bits per heavy atom. The third-order valence-electron chi connectivity index (χ3n) is 3.97. The summed E-state index contributed by atoms with van der Waals surface area (Å²) in [4.78, 5) is 12.3. The lowest BCUT2D eigenvalue weighted by molar-refractivity contribution is -0.119. The molecule has 0 aliphatic rings. The SMILES string of the molecule is Cc1cccc(N(CC(=O)NCc2ccccc2Cl)S(C)(=O)=O)c1C. The van der Waals surface area contributed by atoms with E-state index in [1.807, 2.05) is 32.0 Å². The number of hydrogen-bond acceptors (Lipinski definition) is 3. The summed E-state index contributed by atoms with van der Waals surface area (Å²) in [6.45, 7) is 3.69. The smallest absolute Gasteiger partial charge is 0.241 e. The maximum Gasteiger partial charge on any atom is 0.241 e. The Balaban J connectivity index is 2.17. The molecule has 25 heavy (non-hydrogen) atoms. The standard InChI is InChI=1S/C18H21ClN2O3S/c1-13-7-6-10-17(14(13)2)21(25(3,23)24)12-18(22)20-11-15-8-4-5-9-16(15)19/h4-10H,11-12H2,1-3H3,(H,20,22). The van der Waals surface area contributed by atoms with Crippen LogP contribution in [0.1, 0.15) is 16.7 Å². The summed E-state index contributed by atoms with van der Waals surface area (Å²) in [5, 5.41) is 3.27. The molecule has 0 aliphatic carbocycles. The van der Waals surface area contributed by atoms with Crippen molar-refractivity contribution in [2.45, 2.75) is 20.4 Å². The molecule has 0 aliphatic heterocycles. The van der Waals surface area contributed by atoms with Crippen LogP contribution >= 0.6 is 11.6 Å². The molecular formula is C18H21ClN2O3S. The molecule has 0 spiro atoms. The zero-order chi connectivity index (χ0) is 18.6. The molecule has 0 radical (unpaired) electrons. The lowest BCUT2D eigenvalue weighted by Gasteiger charge is -2.24. The molecule has 0 aromatic heterocycles. The van der Waals surface area contributed by atoms with Gasteiger partial charge in [-0.05, 0) is 42.7 Å². The summed E-state index contributed by atoms with van der Waals surface area (Å²) in [6.07, 6.45) is 1.09. The number of carbonyl (C=O) groups excluding carboxylic acids is 1. The van der Waals surface area contributed by atoms with E-state index >= 15 is 0 Å². The van der Waals surface area contributed by atoms with Gasteiger partial charge in [-0.1, -0.05) is 41.9 Å². The van der Waals surface area contributed by atoms with Gasteiger partial charge in [0.15, 0.2) is 0 Å².